The number of ketones is 1. The van der Waals surface area contributed by atoms with E-state index in [9.17, 15) is 14.4 Å². The second-order valence-electron chi connectivity index (χ2n) is 9.43. The molecule has 2 unspecified atom stereocenters. The monoisotopic (exact) mass is 475 g/mol. The average Bonchev–Trinajstić information content (AvgIpc) is 3.31. The van der Waals surface area contributed by atoms with E-state index in [-0.39, 0.29) is 23.5 Å². The topological polar surface area (TPSA) is 101 Å². The number of aryl methyl sites for hydroxylation is 1. The standard InChI is InChI=1S/C28H33N3O4/c1-19(32)29-24(18-21-12-6-3-7-13-21)27(34)30-23(17-16-20-10-4-2-5-11-20)26(33)28-31-22-14-8-9-15-25(22)35-28/h2,4-5,8-11,14-15,21,23-24H,3,6-7,12-13,16-18H2,1H3,(H,29,32)(H,30,34). The van der Waals surface area contributed by atoms with E-state index in [1.54, 1.807) is 12.1 Å². The van der Waals surface area contributed by atoms with E-state index in [0.29, 0.717) is 36.3 Å². The van der Waals surface area contributed by atoms with Crippen molar-refractivity contribution in [2.24, 2.45) is 5.92 Å². The lowest BCUT2D eigenvalue weighted by atomic mass is 9.84. The average molecular weight is 476 g/mol. The number of rotatable bonds is 10. The van der Waals surface area contributed by atoms with Gasteiger partial charge >= 0.3 is 0 Å². The summed E-state index contributed by atoms with van der Waals surface area (Å²) >= 11 is 0. The minimum atomic E-state index is -0.821. The number of fused-ring (bicyclic) bond motifs is 1. The molecule has 4 rings (SSSR count). The second kappa shape index (κ2) is 11.8. The van der Waals surface area contributed by atoms with Crippen LogP contribution in [-0.2, 0) is 16.0 Å². The number of hydrogen-bond acceptors (Lipinski definition) is 5. The Morgan fingerprint density at radius 2 is 1.66 bits per heavy atom. The van der Waals surface area contributed by atoms with Gasteiger partial charge in [-0.15, -0.1) is 0 Å². The smallest absolute Gasteiger partial charge is 0.266 e. The molecule has 1 aliphatic rings. The van der Waals surface area contributed by atoms with Crippen molar-refractivity contribution in [3.8, 4) is 0 Å². The van der Waals surface area contributed by atoms with Crippen molar-refractivity contribution in [3.05, 3.63) is 66.1 Å². The Morgan fingerprint density at radius 3 is 2.37 bits per heavy atom. The Hall–Kier alpha value is -3.48. The van der Waals surface area contributed by atoms with Crippen LogP contribution in [0.2, 0.25) is 0 Å². The molecular formula is C28H33N3O4. The zero-order valence-corrected chi connectivity index (χ0v) is 20.2. The third-order valence-electron chi connectivity index (χ3n) is 6.69. The number of aromatic nitrogens is 1. The zero-order valence-electron chi connectivity index (χ0n) is 20.2. The highest BCUT2D eigenvalue weighted by molar-refractivity contribution is 6.00. The first-order valence-corrected chi connectivity index (χ1v) is 12.5. The highest BCUT2D eigenvalue weighted by Crippen LogP contribution is 2.27. The van der Waals surface area contributed by atoms with E-state index in [1.165, 1.54) is 13.3 Å². The summed E-state index contributed by atoms with van der Waals surface area (Å²) in [6, 6.07) is 15.5. The van der Waals surface area contributed by atoms with E-state index < -0.39 is 12.1 Å². The molecule has 35 heavy (non-hydrogen) atoms. The van der Waals surface area contributed by atoms with Crippen LogP contribution in [0.4, 0.5) is 0 Å². The number of hydrogen-bond donors (Lipinski definition) is 2. The molecule has 7 nitrogen and oxygen atoms in total. The van der Waals surface area contributed by atoms with Gasteiger partial charge in [0.05, 0.1) is 6.04 Å². The van der Waals surface area contributed by atoms with Crippen LogP contribution in [-0.4, -0.2) is 34.7 Å². The number of para-hydroxylation sites is 2. The third-order valence-corrected chi connectivity index (χ3v) is 6.69. The van der Waals surface area contributed by atoms with Gasteiger partial charge in [-0.2, -0.15) is 0 Å². The molecule has 1 fully saturated rings. The maximum absolute atomic E-state index is 13.4. The lowest BCUT2D eigenvalue weighted by molar-refractivity contribution is -0.129. The fourth-order valence-electron chi connectivity index (χ4n) is 4.86. The summed E-state index contributed by atoms with van der Waals surface area (Å²) in [5.41, 5.74) is 2.19. The molecule has 1 saturated carbocycles. The summed E-state index contributed by atoms with van der Waals surface area (Å²) in [4.78, 5) is 43.0. The Morgan fingerprint density at radius 1 is 0.943 bits per heavy atom. The Balaban J connectivity index is 1.52. The Kier molecular flexibility index (Phi) is 8.29. The number of oxazole rings is 1. The van der Waals surface area contributed by atoms with Gasteiger partial charge in [-0.3, -0.25) is 14.4 Å². The molecule has 2 amide bonds. The van der Waals surface area contributed by atoms with Gasteiger partial charge in [0.15, 0.2) is 5.58 Å². The summed E-state index contributed by atoms with van der Waals surface area (Å²) in [6.07, 6.45) is 7.20. The molecule has 1 aliphatic carbocycles. The first kappa shape index (κ1) is 24.6. The molecule has 0 radical (unpaired) electrons. The molecule has 0 saturated heterocycles. The van der Waals surface area contributed by atoms with E-state index in [2.05, 4.69) is 15.6 Å². The molecule has 2 N–H and O–H groups in total. The summed E-state index contributed by atoms with van der Waals surface area (Å²) < 4.78 is 5.71. The van der Waals surface area contributed by atoms with Crippen LogP contribution in [0.25, 0.3) is 11.1 Å². The molecule has 3 aromatic rings. The van der Waals surface area contributed by atoms with Gasteiger partial charge in [0, 0.05) is 6.92 Å². The van der Waals surface area contributed by atoms with Crippen LogP contribution in [0, 0.1) is 5.92 Å². The molecule has 0 aliphatic heterocycles. The molecule has 0 bridgehead atoms. The minimum absolute atomic E-state index is 0.0204. The minimum Gasteiger partial charge on any atom is -0.434 e. The van der Waals surface area contributed by atoms with Crippen molar-refractivity contribution in [2.45, 2.75) is 70.4 Å². The first-order chi connectivity index (χ1) is 17.0. The molecule has 1 heterocycles. The number of nitrogens with one attached hydrogen (secondary N) is 2. The number of carbonyl (C=O) groups is 3. The van der Waals surface area contributed by atoms with Crippen molar-refractivity contribution in [2.75, 3.05) is 0 Å². The predicted octanol–water partition coefficient (Wildman–Crippen LogP) is 4.60. The molecule has 2 aromatic carbocycles. The number of carbonyl (C=O) groups excluding carboxylic acids is 3. The largest absolute Gasteiger partial charge is 0.434 e. The molecular weight excluding hydrogens is 442 g/mol. The quantitative estimate of drug-likeness (QED) is 0.417. The summed E-state index contributed by atoms with van der Waals surface area (Å²) in [7, 11) is 0. The van der Waals surface area contributed by atoms with E-state index >= 15 is 0 Å². The van der Waals surface area contributed by atoms with Crippen molar-refractivity contribution >= 4 is 28.7 Å². The fourth-order valence-corrected chi connectivity index (χ4v) is 4.86. The third kappa shape index (κ3) is 6.78. The van der Waals surface area contributed by atoms with Crippen LogP contribution in [0.3, 0.4) is 0 Å². The van der Waals surface area contributed by atoms with Gasteiger partial charge in [-0.25, -0.2) is 4.98 Å². The van der Waals surface area contributed by atoms with Crippen LogP contribution in [0.5, 0.6) is 0 Å². The molecule has 1 aromatic heterocycles. The van der Waals surface area contributed by atoms with Crippen molar-refractivity contribution in [1.29, 1.82) is 0 Å². The van der Waals surface area contributed by atoms with Gasteiger partial charge in [-0.05, 0) is 42.9 Å². The van der Waals surface area contributed by atoms with Crippen molar-refractivity contribution < 1.29 is 18.8 Å². The van der Waals surface area contributed by atoms with E-state index in [1.807, 2.05) is 42.5 Å². The highest BCUT2D eigenvalue weighted by atomic mass is 16.4. The molecule has 184 valence electrons. The maximum atomic E-state index is 13.4. The van der Waals surface area contributed by atoms with Gasteiger partial charge in [-0.1, -0.05) is 74.6 Å². The molecule has 2 atom stereocenters. The predicted molar refractivity (Wildman–Crippen MR) is 134 cm³/mol. The van der Waals surface area contributed by atoms with Crippen molar-refractivity contribution in [3.63, 3.8) is 0 Å². The van der Waals surface area contributed by atoms with Crippen LogP contribution in [0.15, 0.2) is 59.0 Å². The van der Waals surface area contributed by atoms with Gasteiger partial charge in [0.1, 0.15) is 11.6 Å². The van der Waals surface area contributed by atoms with Crippen molar-refractivity contribution in [1.82, 2.24) is 15.6 Å². The van der Waals surface area contributed by atoms with Crippen LogP contribution >= 0.6 is 0 Å². The molecule has 7 heteroatoms. The van der Waals surface area contributed by atoms with Gasteiger partial charge in [0.25, 0.3) is 5.89 Å². The van der Waals surface area contributed by atoms with Gasteiger partial charge < -0.3 is 15.1 Å². The summed E-state index contributed by atoms with van der Waals surface area (Å²) in [5.74, 6) is -0.597. The lowest BCUT2D eigenvalue weighted by Crippen LogP contribution is -2.52. The summed E-state index contributed by atoms with van der Waals surface area (Å²) in [5, 5.41) is 5.73. The Labute approximate surface area is 205 Å². The lowest BCUT2D eigenvalue weighted by Gasteiger charge is -2.27. The zero-order chi connectivity index (χ0) is 24.6. The SMILES string of the molecule is CC(=O)NC(CC1CCCCC1)C(=O)NC(CCc1ccccc1)C(=O)c1nc2ccccc2o1. The first-order valence-electron chi connectivity index (χ1n) is 12.5. The number of amides is 2. The molecule has 0 spiro atoms. The summed E-state index contributed by atoms with van der Waals surface area (Å²) in [6.45, 7) is 1.41. The van der Waals surface area contributed by atoms with Crippen LogP contribution in [0.1, 0.15) is 68.1 Å². The fraction of sp³-hybridized carbons (Fsp3) is 0.429. The van der Waals surface area contributed by atoms with Crippen LogP contribution < -0.4 is 10.6 Å². The normalized spacial score (nSPS) is 15.9. The Bertz CT molecular complexity index is 1120. The van der Waals surface area contributed by atoms with E-state index in [4.69, 9.17) is 4.42 Å². The van der Waals surface area contributed by atoms with E-state index in [0.717, 1.165) is 31.2 Å². The number of benzene rings is 2. The van der Waals surface area contributed by atoms with Gasteiger partial charge in [0.2, 0.25) is 17.6 Å². The highest BCUT2D eigenvalue weighted by Gasteiger charge is 2.31. The number of nitrogens with zero attached hydrogens (tertiary/aromatic N) is 1. The number of Topliss-reactive ketones (excluding diaryl/α,β-unsaturated/α-hetero) is 1. The second-order valence-corrected chi connectivity index (χ2v) is 9.43. The maximum Gasteiger partial charge on any atom is 0.266 e.